The highest BCUT2D eigenvalue weighted by molar-refractivity contribution is 5.54. The SMILES string of the molecule is CN(C)c1ccccc1C(C)(C)ON. The monoisotopic (exact) mass is 194 g/mol. The summed E-state index contributed by atoms with van der Waals surface area (Å²) in [6, 6.07) is 8.08. The minimum Gasteiger partial charge on any atom is -0.377 e. The molecule has 3 heteroatoms. The van der Waals surface area contributed by atoms with Gasteiger partial charge in [0.15, 0.2) is 0 Å². The summed E-state index contributed by atoms with van der Waals surface area (Å²) in [5.41, 5.74) is 1.76. The number of rotatable bonds is 3. The van der Waals surface area contributed by atoms with Crippen molar-refractivity contribution in [2.45, 2.75) is 19.4 Å². The zero-order valence-electron chi connectivity index (χ0n) is 9.24. The van der Waals surface area contributed by atoms with Crippen LogP contribution in [0.3, 0.4) is 0 Å². The molecule has 1 rings (SSSR count). The molecule has 0 heterocycles. The van der Waals surface area contributed by atoms with Gasteiger partial charge in [-0.2, -0.15) is 0 Å². The van der Waals surface area contributed by atoms with Crippen molar-refractivity contribution in [2.75, 3.05) is 19.0 Å². The van der Waals surface area contributed by atoms with Gasteiger partial charge in [0.05, 0.1) is 0 Å². The Labute approximate surface area is 85.4 Å². The van der Waals surface area contributed by atoms with Crippen LogP contribution < -0.4 is 10.8 Å². The first kappa shape index (κ1) is 11.0. The van der Waals surface area contributed by atoms with Crippen LogP contribution in [-0.4, -0.2) is 14.1 Å². The molecule has 3 nitrogen and oxygen atoms in total. The van der Waals surface area contributed by atoms with E-state index >= 15 is 0 Å². The summed E-state index contributed by atoms with van der Waals surface area (Å²) in [6.45, 7) is 3.91. The van der Waals surface area contributed by atoms with Crippen LogP contribution in [0.2, 0.25) is 0 Å². The Morgan fingerprint density at radius 3 is 2.29 bits per heavy atom. The highest BCUT2D eigenvalue weighted by atomic mass is 16.6. The van der Waals surface area contributed by atoms with Crippen molar-refractivity contribution in [3.05, 3.63) is 29.8 Å². The van der Waals surface area contributed by atoms with Gasteiger partial charge in [0, 0.05) is 25.3 Å². The number of nitrogens with two attached hydrogens (primary N) is 1. The third kappa shape index (κ3) is 2.05. The summed E-state index contributed by atoms with van der Waals surface area (Å²) < 4.78 is 0. The lowest BCUT2D eigenvalue weighted by Gasteiger charge is -2.27. The maximum Gasteiger partial charge on any atom is 0.111 e. The van der Waals surface area contributed by atoms with Gasteiger partial charge < -0.3 is 4.90 Å². The van der Waals surface area contributed by atoms with Crippen molar-refractivity contribution in [1.29, 1.82) is 0 Å². The van der Waals surface area contributed by atoms with E-state index in [9.17, 15) is 0 Å². The molecule has 0 bridgehead atoms. The molecule has 0 saturated heterocycles. The maximum absolute atomic E-state index is 5.29. The van der Waals surface area contributed by atoms with Crippen LogP contribution in [0.5, 0.6) is 0 Å². The van der Waals surface area contributed by atoms with Gasteiger partial charge in [0.25, 0.3) is 0 Å². The van der Waals surface area contributed by atoms with Gasteiger partial charge in [-0.05, 0) is 19.9 Å². The number of hydrogen-bond donors (Lipinski definition) is 1. The fraction of sp³-hybridized carbons (Fsp3) is 0.455. The highest BCUT2D eigenvalue weighted by Crippen LogP contribution is 2.30. The molecule has 78 valence electrons. The summed E-state index contributed by atoms with van der Waals surface area (Å²) in [7, 11) is 4.01. The van der Waals surface area contributed by atoms with Crippen LogP contribution >= 0.6 is 0 Å². The lowest BCUT2D eigenvalue weighted by molar-refractivity contribution is -0.0232. The molecule has 0 aliphatic heterocycles. The molecule has 2 N–H and O–H groups in total. The van der Waals surface area contributed by atoms with E-state index in [0.29, 0.717) is 0 Å². The molecule has 0 spiro atoms. The van der Waals surface area contributed by atoms with E-state index in [-0.39, 0.29) is 0 Å². The van der Waals surface area contributed by atoms with Crippen molar-refractivity contribution < 1.29 is 4.84 Å². The Bertz CT molecular complexity index is 308. The van der Waals surface area contributed by atoms with Gasteiger partial charge in [-0.25, -0.2) is 5.90 Å². The topological polar surface area (TPSA) is 38.5 Å². The lowest BCUT2D eigenvalue weighted by Crippen LogP contribution is -2.27. The van der Waals surface area contributed by atoms with Gasteiger partial charge in [-0.1, -0.05) is 18.2 Å². The van der Waals surface area contributed by atoms with Gasteiger partial charge in [0.2, 0.25) is 0 Å². The van der Waals surface area contributed by atoms with Crippen LogP contribution in [0.25, 0.3) is 0 Å². The van der Waals surface area contributed by atoms with Crippen molar-refractivity contribution in [2.24, 2.45) is 5.90 Å². The van der Waals surface area contributed by atoms with E-state index in [1.165, 1.54) is 0 Å². The van der Waals surface area contributed by atoms with Crippen molar-refractivity contribution >= 4 is 5.69 Å². The quantitative estimate of drug-likeness (QED) is 0.747. The summed E-state index contributed by atoms with van der Waals surface area (Å²) in [5, 5.41) is 0. The van der Waals surface area contributed by atoms with E-state index in [1.807, 2.05) is 46.1 Å². The fourth-order valence-corrected chi connectivity index (χ4v) is 1.44. The second-order valence-corrected chi connectivity index (χ2v) is 4.04. The zero-order valence-corrected chi connectivity index (χ0v) is 9.24. The number of anilines is 1. The predicted octanol–water partition coefficient (Wildman–Crippen LogP) is 1.88. The molecule has 0 atom stereocenters. The smallest absolute Gasteiger partial charge is 0.111 e. The number of hydrogen-bond acceptors (Lipinski definition) is 3. The standard InChI is InChI=1S/C11H18N2O/c1-11(2,14-12)9-7-5-6-8-10(9)13(3)4/h5-8H,12H2,1-4H3. The van der Waals surface area contributed by atoms with Crippen LogP contribution in [0.1, 0.15) is 19.4 Å². The molecule has 0 radical (unpaired) electrons. The number of benzene rings is 1. The average molecular weight is 194 g/mol. The van der Waals surface area contributed by atoms with E-state index < -0.39 is 5.60 Å². The van der Waals surface area contributed by atoms with Crippen LogP contribution in [0.15, 0.2) is 24.3 Å². The van der Waals surface area contributed by atoms with E-state index in [1.54, 1.807) is 0 Å². The second kappa shape index (κ2) is 3.98. The molecule has 0 fully saturated rings. The van der Waals surface area contributed by atoms with Crippen LogP contribution in [0.4, 0.5) is 5.69 Å². The Kier molecular flexibility index (Phi) is 3.13. The molecule has 1 aromatic rings. The summed E-state index contributed by atoms with van der Waals surface area (Å²) >= 11 is 0. The van der Waals surface area contributed by atoms with E-state index in [4.69, 9.17) is 10.7 Å². The Morgan fingerprint density at radius 1 is 1.21 bits per heavy atom. The zero-order chi connectivity index (χ0) is 10.8. The number of nitrogens with zero attached hydrogens (tertiary/aromatic N) is 1. The molecular formula is C11H18N2O. The molecule has 0 aliphatic carbocycles. The molecule has 0 saturated carbocycles. The second-order valence-electron chi connectivity index (χ2n) is 4.04. The maximum atomic E-state index is 5.29. The van der Waals surface area contributed by atoms with Gasteiger partial charge in [-0.3, -0.25) is 4.84 Å². The highest BCUT2D eigenvalue weighted by Gasteiger charge is 2.24. The van der Waals surface area contributed by atoms with Crippen LogP contribution in [0, 0.1) is 0 Å². The molecule has 0 amide bonds. The average Bonchev–Trinajstić information content (AvgIpc) is 2.18. The molecule has 14 heavy (non-hydrogen) atoms. The Morgan fingerprint density at radius 2 is 1.79 bits per heavy atom. The van der Waals surface area contributed by atoms with Crippen molar-refractivity contribution in [3.63, 3.8) is 0 Å². The summed E-state index contributed by atoms with van der Waals surface area (Å²) in [4.78, 5) is 7.04. The minimum atomic E-state index is -0.457. The molecular weight excluding hydrogens is 176 g/mol. The molecule has 1 aromatic carbocycles. The fourth-order valence-electron chi connectivity index (χ4n) is 1.44. The Hall–Kier alpha value is -1.06. The normalized spacial score (nSPS) is 11.5. The van der Waals surface area contributed by atoms with Gasteiger partial charge in [0.1, 0.15) is 5.60 Å². The van der Waals surface area contributed by atoms with Gasteiger partial charge >= 0.3 is 0 Å². The van der Waals surface area contributed by atoms with Gasteiger partial charge in [-0.15, -0.1) is 0 Å². The first-order chi connectivity index (χ1) is 6.49. The van der Waals surface area contributed by atoms with Crippen molar-refractivity contribution in [1.82, 2.24) is 0 Å². The Balaban J connectivity index is 3.20. The first-order valence-electron chi connectivity index (χ1n) is 4.64. The predicted molar refractivity (Wildman–Crippen MR) is 59.1 cm³/mol. The van der Waals surface area contributed by atoms with Crippen molar-refractivity contribution in [3.8, 4) is 0 Å². The van der Waals surface area contributed by atoms with E-state index in [0.717, 1.165) is 11.3 Å². The third-order valence-electron chi connectivity index (χ3n) is 2.33. The molecule has 0 unspecified atom stereocenters. The third-order valence-corrected chi connectivity index (χ3v) is 2.33. The molecule has 0 aliphatic rings. The lowest BCUT2D eigenvalue weighted by atomic mass is 9.96. The summed E-state index contributed by atoms with van der Waals surface area (Å²) in [6.07, 6.45) is 0. The minimum absolute atomic E-state index is 0.457. The summed E-state index contributed by atoms with van der Waals surface area (Å²) in [5.74, 6) is 5.29. The van der Waals surface area contributed by atoms with E-state index in [2.05, 4.69) is 11.0 Å². The number of para-hydroxylation sites is 1. The first-order valence-corrected chi connectivity index (χ1v) is 4.64. The van der Waals surface area contributed by atoms with Crippen LogP contribution in [-0.2, 0) is 10.4 Å². The largest absolute Gasteiger partial charge is 0.377 e. The molecule has 0 aromatic heterocycles.